The summed E-state index contributed by atoms with van der Waals surface area (Å²) in [4.78, 5) is 9.00. The third kappa shape index (κ3) is 32.6. The molecule has 0 atom stereocenters. The SMILES string of the molecule is C.C.C.C.C.CC(C)N1CCC(C)(F)CC1.CC1CCN(C(C)C)CC1.Cc1ccn(C(C)C)c1.Cc1ccn(C(C)C)n1.Cc1cn(C(C)C)cn1.Cc1cn(C(C)C)nn1.Cc1cnn(C(C)C)c1. The molecule has 416 valence electrons. The number of likely N-dealkylation sites (tertiary alicyclic amines) is 2. The largest absolute Gasteiger partial charge is 0.352 e. The van der Waals surface area contributed by atoms with Crippen molar-refractivity contribution in [1.82, 2.24) is 58.5 Å². The number of imidazole rings is 1. The van der Waals surface area contributed by atoms with Gasteiger partial charge in [-0.25, -0.2) is 14.1 Å². The van der Waals surface area contributed by atoms with Gasteiger partial charge in [-0.3, -0.25) is 9.36 Å². The Kier molecular flexibility index (Phi) is 41.1. The Morgan fingerprint density at radius 1 is 0.521 bits per heavy atom. The van der Waals surface area contributed by atoms with E-state index < -0.39 is 5.67 Å². The summed E-state index contributed by atoms with van der Waals surface area (Å²) in [6.45, 7) is 48.8. The molecule has 0 saturated carbocycles. The fourth-order valence-electron chi connectivity index (χ4n) is 6.67. The van der Waals surface area contributed by atoms with Crippen molar-refractivity contribution >= 4 is 0 Å². The van der Waals surface area contributed by atoms with Crippen molar-refractivity contribution in [3.05, 3.63) is 90.0 Å². The van der Waals surface area contributed by atoms with Crippen molar-refractivity contribution in [1.29, 1.82) is 0 Å². The predicted molar refractivity (Wildman–Crippen MR) is 311 cm³/mol. The van der Waals surface area contributed by atoms with E-state index in [1.807, 2.05) is 85.1 Å². The summed E-state index contributed by atoms with van der Waals surface area (Å²) >= 11 is 0. The molecule has 2 aliphatic rings. The van der Waals surface area contributed by atoms with Gasteiger partial charge in [-0.15, -0.1) is 5.10 Å². The average molecular weight is 1000 g/mol. The van der Waals surface area contributed by atoms with Gasteiger partial charge in [-0.05, 0) is 206 Å². The fourth-order valence-corrected chi connectivity index (χ4v) is 6.67. The van der Waals surface area contributed by atoms with Gasteiger partial charge in [0.2, 0.25) is 0 Å². The number of nitrogens with zero attached hydrogens (tertiary/aromatic N) is 12. The van der Waals surface area contributed by atoms with Gasteiger partial charge in [0.25, 0.3) is 0 Å². The van der Waals surface area contributed by atoms with Gasteiger partial charge in [0.05, 0.1) is 29.6 Å². The van der Waals surface area contributed by atoms with Crippen LogP contribution in [0, 0.1) is 40.5 Å². The Morgan fingerprint density at radius 3 is 1.27 bits per heavy atom. The normalized spacial score (nSPS) is 14.2. The van der Waals surface area contributed by atoms with Crippen molar-refractivity contribution in [3.63, 3.8) is 0 Å². The first-order valence-electron chi connectivity index (χ1n) is 24.9. The van der Waals surface area contributed by atoms with Crippen LogP contribution in [0.4, 0.5) is 4.39 Å². The Morgan fingerprint density at radius 2 is 1.01 bits per heavy atom. The second-order valence-corrected chi connectivity index (χ2v) is 20.7. The third-order valence-electron chi connectivity index (χ3n) is 11.6. The van der Waals surface area contributed by atoms with E-state index in [1.165, 1.54) is 37.1 Å². The summed E-state index contributed by atoms with van der Waals surface area (Å²) in [5.41, 5.74) is 4.81. The molecule has 0 aliphatic carbocycles. The lowest BCUT2D eigenvalue weighted by Gasteiger charge is -2.36. The van der Waals surface area contributed by atoms with Crippen LogP contribution < -0.4 is 0 Å². The topological polar surface area (TPSA) is 95.6 Å². The first-order valence-corrected chi connectivity index (χ1v) is 24.9. The lowest BCUT2D eigenvalue weighted by Crippen LogP contribution is -2.43. The summed E-state index contributed by atoms with van der Waals surface area (Å²) in [5.74, 6) is 0.968. The molecular weight excluding hydrogens is 884 g/mol. The molecule has 2 saturated heterocycles. The van der Waals surface area contributed by atoms with Crippen molar-refractivity contribution in [3.8, 4) is 0 Å². The first kappa shape index (κ1) is 75.8. The molecule has 7 rings (SSSR count). The number of rotatable bonds is 7. The molecule has 0 amide bonds. The second kappa shape index (κ2) is 38.5. The van der Waals surface area contributed by atoms with Crippen LogP contribution in [0.5, 0.6) is 0 Å². The average Bonchev–Trinajstić information content (AvgIpc) is 4.10. The van der Waals surface area contributed by atoms with Crippen molar-refractivity contribution < 1.29 is 4.39 Å². The molecule has 2 aliphatic heterocycles. The van der Waals surface area contributed by atoms with Gasteiger partial charge < -0.3 is 18.9 Å². The minimum atomic E-state index is -0.897. The smallest absolute Gasteiger partial charge is 0.110 e. The minimum Gasteiger partial charge on any atom is -0.352 e. The van der Waals surface area contributed by atoms with E-state index in [4.69, 9.17) is 0 Å². The lowest BCUT2D eigenvalue weighted by atomic mass is 9.95. The Hall–Kier alpha value is -4.10. The molecule has 13 heteroatoms. The van der Waals surface area contributed by atoms with E-state index in [0.717, 1.165) is 42.1 Å². The van der Waals surface area contributed by atoms with Crippen LogP contribution in [0.15, 0.2) is 61.8 Å². The molecule has 12 nitrogen and oxygen atoms in total. The maximum absolute atomic E-state index is 13.3. The monoisotopic (exact) mass is 1000 g/mol. The zero-order valence-corrected chi connectivity index (χ0v) is 45.8. The number of halogens is 1. The van der Waals surface area contributed by atoms with Crippen molar-refractivity contribution in [2.24, 2.45) is 5.92 Å². The Bertz CT molecular complexity index is 1680. The summed E-state index contributed by atoms with van der Waals surface area (Å²) < 4.78 is 23.3. The lowest BCUT2D eigenvalue weighted by molar-refractivity contribution is 0.0592. The number of hydrogen-bond acceptors (Lipinski definition) is 7. The van der Waals surface area contributed by atoms with Gasteiger partial charge in [0.1, 0.15) is 5.67 Å². The van der Waals surface area contributed by atoms with E-state index in [2.05, 4.69) is 174 Å². The molecule has 2 fully saturated rings. The summed E-state index contributed by atoms with van der Waals surface area (Å²) in [7, 11) is 0. The van der Waals surface area contributed by atoms with E-state index in [1.54, 1.807) is 6.92 Å². The third-order valence-corrected chi connectivity index (χ3v) is 11.6. The van der Waals surface area contributed by atoms with Crippen molar-refractivity contribution in [2.45, 2.75) is 256 Å². The fraction of sp³-hybridized carbons (Fsp3) is 0.741. The number of hydrogen-bond donors (Lipinski definition) is 0. The maximum Gasteiger partial charge on any atom is 0.110 e. The molecular formula is C58H117FN12. The van der Waals surface area contributed by atoms with E-state index in [0.29, 0.717) is 49.1 Å². The Balaban J connectivity index is -0.000000236. The van der Waals surface area contributed by atoms with E-state index in [-0.39, 0.29) is 37.1 Å². The minimum absolute atomic E-state index is 0. The first-order chi connectivity index (χ1) is 30.7. The number of aromatic nitrogens is 10. The molecule has 0 unspecified atom stereocenters. The standard InChI is InChI=1S/C9H18FN.C9H19N.C8H13N.3C7H12N2.C6H11N3.5CH4/c1-8(2)11-6-4-9(3,10)5-7-11;1-8(2)10-6-4-9(3)5-7-10;1-7(2)9-5-4-8(3)6-9;1-6(2)9-4-7(3)8-5-9;1-6(2)9-5-7(3)4-8-9;1-6(2)9-5-4-7(3)8-9;1-5(2)9-4-6(3)7-8-9;;;;;/h8H,4-7H2,1-3H3;8-9H,4-7H2,1-3H3;4-7H,1-3H3;3*4-6H,1-3H3;4-5H,1-3H3;5*1H4. The molecule has 0 spiro atoms. The highest BCUT2D eigenvalue weighted by atomic mass is 19.1. The number of piperidine rings is 2. The van der Waals surface area contributed by atoms with Crippen LogP contribution in [-0.2, 0) is 0 Å². The quantitative estimate of drug-likeness (QED) is 0.160. The summed E-state index contributed by atoms with van der Waals surface area (Å²) in [6, 6.07) is 7.99. The Labute approximate surface area is 439 Å². The van der Waals surface area contributed by atoms with Gasteiger partial charge in [0, 0.05) is 92.6 Å². The van der Waals surface area contributed by atoms with Crippen LogP contribution in [0.1, 0.15) is 232 Å². The molecule has 0 radical (unpaired) electrons. The van der Waals surface area contributed by atoms with Gasteiger partial charge in [-0.2, -0.15) is 10.2 Å². The van der Waals surface area contributed by atoms with Gasteiger partial charge in [-0.1, -0.05) is 49.3 Å². The van der Waals surface area contributed by atoms with E-state index in [9.17, 15) is 4.39 Å². The van der Waals surface area contributed by atoms with Gasteiger partial charge >= 0.3 is 0 Å². The zero-order valence-electron chi connectivity index (χ0n) is 45.8. The molecule has 5 aromatic rings. The summed E-state index contributed by atoms with van der Waals surface area (Å²) in [5, 5.41) is 16.1. The second-order valence-electron chi connectivity index (χ2n) is 20.7. The van der Waals surface area contributed by atoms with Crippen LogP contribution in [0.3, 0.4) is 0 Å². The number of alkyl halides is 1. The highest BCUT2D eigenvalue weighted by Gasteiger charge is 2.30. The summed E-state index contributed by atoms with van der Waals surface area (Å²) in [6.07, 6.45) is 20.2. The van der Waals surface area contributed by atoms with E-state index >= 15 is 0 Å². The number of aryl methyl sites for hydroxylation is 5. The van der Waals surface area contributed by atoms with Crippen LogP contribution in [-0.4, -0.2) is 102 Å². The van der Waals surface area contributed by atoms with Crippen LogP contribution >= 0.6 is 0 Å². The molecule has 0 bridgehead atoms. The molecule has 0 aromatic carbocycles. The molecule has 0 N–H and O–H groups in total. The predicted octanol–water partition coefficient (Wildman–Crippen LogP) is 16.4. The van der Waals surface area contributed by atoms with Crippen molar-refractivity contribution in [2.75, 3.05) is 26.2 Å². The van der Waals surface area contributed by atoms with Gasteiger partial charge in [0.15, 0.2) is 0 Å². The van der Waals surface area contributed by atoms with Crippen LogP contribution in [0.25, 0.3) is 0 Å². The molecule has 71 heavy (non-hydrogen) atoms. The highest BCUT2D eigenvalue weighted by molar-refractivity contribution is 5.07. The highest BCUT2D eigenvalue weighted by Crippen LogP contribution is 2.26. The molecule has 7 heterocycles. The zero-order chi connectivity index (χ0) is 50.3. The molecule has 5 aromatic heterocycles. The van der Waals surface area contributed by atoms with Crippen LogP contribution in [0.2, 0.25) is 0 Å². The maximum atomic E-state index is 13.3.